The first-order valence-corrected chi connectivity index (χ1v) is 9.80. The Labute approximate surface area is 169 Å². The Morgan fingerprint density at radius 1 is 1.14 bits per heavy atom. The van der Waals surface area contributed by atoms with Gasteiger partial charge in [-0.25, -0.2) is 4.79 Å². The van der Waals surface area contributed by atoms with Crippen LogP contribution in [0.25, 0.3) is 10.9 Å². The van der Waals surface area contributed by atoms with Gasteiger partial charge in [-0.3, -0.25) is 14.7 Å². The normalized spacial score (nSPS) is 14.9. The number of para-hydroxylation sites is 1. The van der Waals surface area contributed by atoms with E-state index in [1.807, 2.05) is 30.3 Å². The van der Waals surface area contributed by atoms with Gasteiger partial charge in [0, 0.05) is 36.2 Å². The lowest BCUT2D eigenvalue weighted by molar-refractivity contribution is -0.139. The van der Waals surface area contributed by atoms with Crippen molar-refractivity contribution in [1.82, 2.24) is 15.2 Å². The highest BCUT2D eigenvalue weighted by Gasteiger charge is 2.28. The maximum atomic E-state index is 13.4. The molecule has 1 aliphatic heterocycles. The number of hydrogen-bond acceptors (Lipinski definition) is 4. The molecular formula is C23H23N3O3. The van der Waals surface area contributed by atoms with E-state index in [9.17, 15) is 14.7 Å². The van der Waals surface area contributed by atoms with E-state index in [-0.39, 0.29) is 5.91 Å². The smallest absolute Gasteiger partial charge is 0.330 e. The molecule has 4 rings (SSSR count). The minimum Gasteiger partial charge on any atom is -0.479 e. The maximum Gasteiger partial charge on any atom is 0.330 e. The molecule has 0 saturated heterocycles. The summed E-state index contributed by atoms with van der Waals surface area (Å²) >= 11 is 0. The SMILES string of the molecule is CCN1CCc2nc3ccccc3c(C(=O)N[C@H](C(=O)O)c3ccccc3)c2C1. The fourth-order valence-corrected chi connectivity index (χ4v) is 3.91. The number of rotatable bonds is 5. The van der Waals surface area contributed by atoms with E-state index < -0.39 is 12.0 Å². The summed E-state index contributed by atoms with van der Waals surface area (Å²) in [5, 5.41) is 13.2. The maximum absolute atomic E-state index is 13.4. The summed E-state index contributed by atoms with van der Waals surface area (Å²) in [7, 11) is 0. The molecule has 0 bridgehead atoms. The molecule has 6 heteroatoms. The highest BCUT2D eigenvalue weighted by atomic mass is 16.4. The van der Waals surface area contributed by atoms with Gasteiger partial charge >= 0.3 is 5.97 Å². The number of pyridine rings is 1. The fourth-order valence-electron chi connectivity index (χ4n) is 3.91. The number of carboxylic acids is 1. The van der Waals surface area contributed by atoms with Gasteiger partial charge in [0.05, 0.1) is 11.1 Å². The summed E-state index contributed by atoms with van der Waals surface area (Å²) < 4.78 is 0. The lowest BCUT2D eigenvalue weighted by Crippen LogP contribution is -2.37. The minimum atomic E-state index is -1.11. The molecule has 0 spiro atoms. The summed E-state index contributed by atoms with van der Waals surface area (Å²) in [6.45, 7) is 4.51. The second kappa shape index (κ2) is 8.01. The monoisotopic (exact) mass is 389 g/mol. The molecular weight excluding hydrogens is 366 g/mol. The molecule has 2 N–H and O–H groups in total. The van der Waals surface area contributed by atoms with Gasteiger partial charge in [-0.15, -0.1) is 0 Å². The minimum absolute atomic E-state index is 0.381. The van der Waals surface area contributed by atoms with Gasteiger partial charge < -0.3 is 10.4 Å². The van der Waals surface area contributed by atoms with Gasteiger partial charge in [0.2, 0.25) is 0 Å². The predicted octanol–water partition coefficient (Wildman–Crippen LogP) is 3.17. The van der Waals surface area contributed by atoms with Crippen molar-refractivity contribution in [2.24, 2.45) is 0 Å². The predicted molar refractivity (Wildman–Crippen MR) is 111 cm³/mol. The van der Waals surface area contributed by atoms with Crippen LogP contribution >= 0.6 is 0 Å². The highest BCUT2D eigenvalue weighted by Crippen LogP contribution is 2.28. The summed E-state index contributed by atoms with van der Waals surface area (Å²) in [6.07, 6.45) is 0.773. The number of hydrogen-bond donors (Lipinski definition) is 2. The van der Waals surface area contributed by atoms with Crippen LogP contribution in [-0.2, 0) is 17.8 Å². The highest BCUT2D eigenvalue weighted by molar-refractivity contribution is 6.08. The number of likely N-dealkylation sites (N-methyl/N-ethyl adjacent to an activating group) is 1. The lowest BCUT2D eigenvalue weighted by Gasteiger charge is -2.29. The average Bonchev–Trinajstić information content (AvgIpc) is 2.75. The van der Waals surface area contributed by atoms with Crippen molar-refractivity contribution in [1.29, 1.82) is 0 Å². The van der Waals surface area contributed by atoms with Crippen molar-refractivity contribution in [3.63, 3.8) is 0 Å². The average molecular weight is 389 g/mol. The van der Waals surface area contributed by atoms with Crippen LogP contribution in [0.4, 0.5) is 0 Å². The largest absolute Gasteiger partial charge is 0.479 e. The second-order valence-corrected chi connectivity index (χ2v) is 7.20. The summed E-state index contributed by atoms with van der Waals surface area (Å²) in [5.74, 6) is -1.47. The molecule has 0 aliphatic carbocycles. The van der Waals surface area contributed by atoms with Crippen molar-refractivity contribution in [3.8, 4) is 0 Å². The number of benzene rings is 2. The zero-order valence-corrected chi connectivity index (χ0v) is 16.3. The van der Waals surface area contributed by atoms with E-state index in [1.165, 1.54) is 0 Å². The molecule has 3 aromatic rings. The summed E-state index contributed by atoms with van der Waals surface area (Å²) in [6, 6.07) is 15.2. The number of nitrogens with one attached hydrogen (secondary N) is 1. The third kappa shape index (κ3) is 3.71. The Bertz CT molecular complexity index is 1070. The summed E-state index contributed by atoms with van der Waals surface area (Å²) in [4.78, 5) is 32.3. The second-order valence-electron chi connectivity index (χ2n) is 7.20. The Morgan fingerprint density at radius 2 is 1.86 bits per heavy atom. The number of carbonyl (C=O) groups is 2. The number of aliphatic carboxylic acids is 1. The Balaban J connectivity index is 1.79. The lowest BCUT2D eigenvalue weighted by atomic mass is 9.94. The van der Waals surface area contributed by atoms with Crippen LogP contribution < -0.4 is 5.32 Å². The van der Waals surface area contributed by atoms with Gasteiger partial charge in [-0.05, 0) is 18.2 Å². The quantitative estimate of drug-likeness (QED) is 0.700. The third-order valence-electron chi connectivity index (χ3n) is 5.46. The van der Waals surface area contributed by atoms with Crippen LogP contribution in [0.5, 0.6) is 0 Å². The van der Waals surface area contributed by atoms with Crippen LogP contribution in [0, 0.1) is 0 Å². The molecule has 0 fully saturated rings. The number of aromatic nitrogens is 1. The van der Waals surface area contributed by atoms with Crippen LogP contribution in [0.2, 0.25) is 0 Å². The molecule has 148 valence electrons. The standard InChI is InChI=1S/C23H23N3O3/c1-2-26-13-12-19-17(14-26)20(16-10-6-7-11-18(16)24-19)22(27)25-21(23(28)29)15-8-4-3-5-9-15/h3-11,21H,2,12-14H2,1H3,(H,25,27)(H,28,29)/t21-/m0/s1. The van der Waals surface area contributed by atoms with E-state index in [2.05, 4.69) is 17.1 Å². The number of nitrogens with zero attached hydrogens (tertiary/aromatic N) is 2. The first-order valence-electron chi connectivity index (χ1n) is 9.80. The van der Waals surface area contributed by atoms with E-state index in [1.54, 1.807) is 24.3 Å². The fraction of sp³-hybridized carbons (Fsp3) is 0.261. The molecule has 0 radical (unpaired) electrons. The zero-order chi connectivity index (χ0) is 20.4. The molecule has 1 aliphatic rings. The van der Waals surface area contributed by atoms with Crippen molar-refractivity contribution in [2.45, 2.75) is 25.9 Å². The van der Waals surface area contributed by atoms with Gasteiger partial charge in [0.25, 0.3) is 5.91 Å². The molecule has 2 heterocycles. The van der Waals surface area contributed by atoms with E-state index in [4.69, 9.17) is 4.98 Å². The van der Waals surface area contributed by atoms with Gasteiger partial charge in [-0.2, -0.15) is 0 Å². The molecule has 0 saturated carbocycles. The first-order chi connectivity index (χ1) is 14.1. The Hall–Kier alpha value is -3.25. The third-order valence-corrected chi connectivity index (χ3v) is 5.46. The molecule has 2 aromatic carbocycles. The molecule has 6 nitrogen and oxygen atoms in total. The van der Waals surface area contributed by atoms with Crippen molar-refractivity contribution in [3.05, 3.63) is 77.0 Å². The van der Waals surface area contributed by atoms with Crippen molar-refractivity contribution in [2.75, 3.05) is 13.1 Å². The Morgan fingerprint density at radius 3 is 2.59 bits per heavy atom. The first kappa shape index (κ1) is 19.1. The molecule has 1 atom stereocenters. The molecule has 29 heavy (non-hydrogen) atoms. The number of amides is 1. The molecule has 1 amide bonds. The number of carboxylic acid groups (broad SMARTS) is 1. The van der Waals surface area contributed by atoms with Crippen LogP contribution in [0.3, 0.4) is 0 Å². The topological polar surface area (TPSA) is 82.5 Å². The van der Waals surface area contributed by atoms with Crippen LogP contribution in [-0.4, -0.2) is 40.0 Å². The van der Waals surface area contributed by atoms with Gasteiger partial charge in [0.15, 0.2) is 6.04 Å². The summed E-state index contributed by atoms with van der Waals surface area (Å²) in [5.41, 5.74) is 3.64. The van der Waals surface area contributed by atoms with E-state index in [0.717, 1.165) is 41.7 Å². The number of fused-ring (bicyclic) bond motifs is 2. The number of carbonyl (C=O) groups excluding carboxylic acids is 1. The van der Waals surface area contributed by atoms with E-state index >= 15 is 0 Å². The van der Waals surface area contributed by atoms with Gasteiger partial charge in [-0.1, -0.05) is 55.5 Å². The van der Waals surface area contributed by atoms with Crippen molar-refractivity contribution < 1.29 is 14.7 Å². The van der Waals surface area contributed by atoms with Crippen molar-refractivity contribution >= 4 is 22.8 Å². The molecule has 0 unspecified atom stereocenters. The van der Waals surface area contributed by atoms with Crippen LogP contribution in [0.1, 0.15) is 40.1 Å². The zero-order valence-electron chi connectivity index (χ0n) is 16.3. The molecule has 1 aromatic heterocycles. The van der Waals surface area contributed by atoms with Crippen LogP contribution in [0.15, 0.2) is 54.6 Å². The van der Waals surface area contributed by atoms with E-state index in [0.29, 0.717) is 17.7 Å². The Kier molecular flexibility index (Phi) is 5.27. The van der Waals surface area contributed by atoms with Gasteiger partial charge in [0.1, 0.15) is 0 Å².